The van der Waals surface area contributed by atoms with E-state index in [0.29, 0.717) is 16.4 Å². The van der Waals surface area contributed by atoms with Crippen LogP contribution in [0.5, 0.6) is 0 Å². The number of nitrogens with one attached hydrogen (secondary N) is 1. The van der Waals surface area contributed by atoms with E-state index in [4.69, 9.17) is 0 Å². The zero-order chi connectivity index (χ0) is 23.7. The van der Waals surface area contributed by atoms with E-state index in [1.54, 1.807) is 24.3 Å². The highest BCUT2D eigenvalue weighted by Gasteiger charge is 2.33. The topological polar surface area (TPSA) is 80.1 Å². The van der Waals surface area contributed by atoms with Crippen LogP contribution >= 0.6 is 11.8 Å². The van der Waals surface area contributed by atoms with Crippen LogP contribution in [0.4, 0.5) is 11.4 Å². The first-order valence-electron chi connectivity index (χ1n) is 10.9. The standard InChI is InChI=1S/C26H23N5O2S/c1-17(32)18-12-14-20(15-13-18)27-23(33)16-34-26-29-28-24-21-10-6-7-11-22(21)30(2)25(31(24)26)19-8-4-3-5-9-19/h3-15,25H,16H2,1-2H3,(H,27,33). The summed E-state index contributed by atoms with van der Waals surface area (Å²) in [7, 11) is 2.06. The zero-order valence-electron chi connectivity index (χ0n) is 18.8. The molecule has 1 aliphatic heterocycles. The van der Waals surface area contributed by atoms with Crippen molar-refractivity contribution in [1.82, 2.24) is 14.8 Å². The zero-order valence-corrected chi connectivity index (χ0v) is 19.6. The molecule has 0 fully saturated rings. The summed E-state index contributed by atoms with van der Waals surface area (Å²) in [5.41, 5.74) is 4.46. The van der Waals surface area contributed by atoms with Crippen LogP contribution in [0.15, 0.2) is 84.0 Å². The second-order valence-electron chi connectivity index (χ2n) is 8.06. The Bertz CT molecular complexity index is 1350. The molecule has 8 heteroatoms. The number of hydrogen-bond acceptors (Lipinski definition) is 6. The summed E-state index contributed by atoms with van der Waals surface area (Å²) in [6.45, 7) is 1.52. The van der Waals surface area contributed by atoms with Crippen LogP contribution in [0.25, 0.3) is 11.4 Å². The largest absolute Gasteiger partial charge is 0.350 e. The van der Waals surface area contributed by atoms with E-state index in [1.165, 1.54) is 18.7 Å². The van der Waals surface area contributed by atoms with Crippen molar-refractivity contribution in [2.75, 3.05) is 23.0 Å². The Morgan fingerprint density at radius 2 is 1.65 bits per heavy atom. The lowest BCUT2D eigenvalue weighted by atomic mass is 10.0. The molecule has 1 aromatic heterocycles. The van der Waals surface area contributed by atoms with Gasteiger partial charge in [0.1, 0.15) is 6.17 Å². The maximum absolute atomic E-state index is 12.6. The average Bonchev–Trinajstić information content (AvgIpc) is 3.28. The van der Waals surface area contributed by atoms with Crippen molar-refractivity contribution in [1.29, 1.82) is 0 Å². The normalized spacial score (nSPS) is 14.3. The Balaban J connectivity index is 1.41. The van der Waals surface area contributed by atoms with Gasteiger partial charge in [-0.05, 0) is 48.9 Å². The highest BCUT2D eigenvalue weighted by Crippen LogP contribution is 2.43. The van der Waals surface area contributed by atoms with Gasteiger partial charge in [0.25, 0.3) is 0 Å². The molecule has 5 rings (SSSR count). The van der Waals surface area contributed by atoms with Gasteiger partial charge in [-0.2, -0.15) is 0 Å². The van der Waals surface area contributed by atoms with Gasteiger partial charge >= 0.3 is 0 Å². The second kappa shape index (κ2) is 9.15. The molecule has 7 nitrogen and oxygen atoms in total. The van der Waals surface area contributed by atoms with Crippen molar-refractivity contribution in [3.8, 4) is 11.4 Å². The summed E-state index contributed by atoms with van der Waals surface area (Å²) in [4.78, 5) is 26.3. The average molecular weight is 470 g/mol. The fraction of sp³-hybridized carbons (Fsp3) is 0.154. The highest BCUT2D eigenvalue weighted by molar-refractivity contribution is 7.99. The molecule has 1 amide bonds. The number of benzene rings is 3. The molecule has 170 valence electrons. The fourth-order valence-corrected chi connectivity index (χ4v) is 4.92. The molecule has 1 aliphatic rings. The number of nitrogens with zero attached hydrogens (tertiary/aromatic N) is 4. The van der Waals surface area contributed by atoms with Gasteiger partial charge < -0.3 is 10.2 Å². The third-order valence-electron chi connectivity index (χ3n) is 5.81. The molecule has 0 aliphatic carbocycles. The van der Waals surface area contributed by atoms with Crippen molar-refractivity contribution in [2.45, 2.75) is 18.2 Å². The first-order chi connectivity index (χ1) is 16.5. The summed E-state index contributed by atoms with van der Waals surface area (Å²) in [5.74, 6) is 0.799. The minimum atomic E-state index is -0.154. The van der Waals surface area contributed by atoms with E-state index in [2.05, 4.69) is 50.2 Å². The molecule has 1 N–H and O–H groups in total. The van der Waals surface area contributed by atoms with Crippen molar-refractivity contribution >= 4 is 34.8 Å². The van der Waals surface area contributed by atoms with Crippen LogP contribution in [-0.2, 0) is 4.79 Å². The number of para-hydroxylation sites is 1. The lowest BCUT2D eigenvalue weighted by Crippen LogP contribution is -2.34. The number of ketones is 1. The maximum atomic E-state index is 12.6. The minimum absolute atomic E-state index is 0.00970. The van der Waals surface area contributed by atoms with Crippen LogP contribution in [0, 0.1) is 0 Å². The number of carbonyl (C=O) groups excluding carboxylic acids is 2. The van der Waals surface area contributed by atoms with Crippen LogP contribution in [0.1, 0.15) is 29.0 Å². The Hall–Kier alpha value is -3.91. The van der Waals surface area contributed by atoms with E-state index in [0.717, 1.165) is 22.6 Å². The monoisotopic (exact) mass is 469 g/mol. The molecule has 2 heterocycles. The Kier molecular flexibility index (Phi) is 5.90. The van der Waals surface area contributed by atoms with Crippen LogP contribution in [0.3, 0.4) is 0 Å². The highest BCUT2D eigenvalue weighted by atomic mass is 32.2. The summed E-state index contributed by atoms with van der Waals surface area (Å²) < 4.78 is 2.09. The summed E-state index contributed by atoms with van der Waals surface area (Å²) in [5, 5.41) is 12.5. The smallest absolute Gasteiger partial charge is 0.234 e. The number of anilines is 2. The van der Waals surface area contributed by atoms with Gasteiger partial charge in [-0.25, -0.2) is 0 Å². The molecular weight excluding hydrogens is 446 g/mol. The van der Waals surface area contributed by atoms with Crippen LogP contribution in [-0.4, -0.2) is 39.3 Å². The van der Waals surface area contributed by atoms with Gasteiger partial charge in [0.2, 0.25) is 5.91 Å². The molecule has 34 heavy (non-hydrogen) atoms. The molecule has 4 aromatic rings. The second-order valence-corrected chi connectivity index (χ2v) is 9.00. The number of Topliss-reactive ketones (excluding diaryl/α,β-unsaturated/α-hetero) is 1. The van der Waals surface area contributed by atoms with E-state index >= 15 is 0 Å². The van der Waals surface area contributed by atoms with Gasteiger partial charge in [0.05, 0.1) is 5.75 Å². The summed E-state index contributed by atoms with van der Waals surface area (Å²) >= 11 is 1.35. The Morgan fingerprint density at radius 3 is 2.38 bits per heavy atom. The number of amides is 1. The molecule has 0 spiro atoms. The molecule has 1 atom stereocenters. The molecule has 0 saturated carbocycles. The molecule has 0 saturated heterocycles. The number of aromatic nitrogens is 3. The van der Waals surface area contributed by atoms with Gasteiger partial charge in [-0.3, -0.25) is 14.2 Å². The lowest BCUT2D eigenvalue weighted by molar-refractivity contribution is -0.113. The van der Waals surface area contributed by atoms with Gasteiger partial charge in [0.15, 0.2) is 16.8 Å². The number of carbonyl (C=O) groups is 2. The predicted molar refractivity (Wildman–Crippen MR) is 134 cm³/mol. The Morgan fingerprint density at radius 1 is 0.941 bits per heavy atom. The SMILES string of the molecule is CC(=O)c1ccc(NC(=O)CSc2nnc3n2C(c2ccccc2)N(C)c2ccccc2-3)cc1. The quantitative estimate of drug-likeness (QED) is 0.320. The molecule has 0 bridgehead atoms. The molecular formula is C26H23N5O2S. The summed E-state index contributed by atoms with van der Waals surface area (Å²) in [6.07, 6.45) is -0.134. The van der Waals surface area contributed by atoms with E-state index in [1.807, 2.05) is 36.4 Å². The van der Waals surface area contributed by atoms with E-state index < -0.39 is 0 Å². The first-order valence-corrected chi connectivity index (χ1v) is 11.9. The van der Waals surface area contributed by atoms with Crippen molar-refractivity contribution < 1.29 is 9.59 Å². The van der Waals surface area contributed by atoms with Gasteiger partial charge in [-0.1, -0.05) is 54.2 Å². The summed E-state index contributed by atoms with van der Waals surface area (Å²) in [6, 6.07) is 25.2. The van der Waals surface area contributed by atoms with Crippen LogP contribution < -0.4 is 10.2 Å². The molecule has 3 aromatic carbocycles. The first kappa shape index (κ1) is 21.9. The van der Waals surface area contributed by atoms with Gasteiger partial charge in [0, 0.05) is 29.5 Å². The fourth-order valence-electron chi connectivity index (χ4n) is 4.17. The number of rotatable bonds is 6. The number of fused-ring (bicyclic) bond motifs is 3. The van der Waals surface area contributed by atoms with Crippen LogP contribution in [0.2, 0.25) is 0 Å². The Labute approximate surface area is 201 Å². The van der Waals surface area contributed by atoms with Crippen molar-refractivity contribution in [3.63, 3.8) is 0 Å². The third-order valence-corrected chi connectivity index (χ3v) is 6.75. The van der Waals surface area contributed by atoms with Crippen molar-refractivity contribution in [2.24, 2.45) is 0 Å². The number of hydrogen-bond donors (Lipinski definition) is 1. The predicted octanol–water partition coefficient (Wildman–Crippen LogP) is 4.88. The maximum Gasteiger partial charge on any atom is 0.234 e. The lowest BCUT2D eigenvalue weighted by Gasteiger charge is -2.37. The van der Waals surface area contributed by atoms with E-state index in [9.17, 15) is 9.59 Å². The van der Waals surface area contributed by atoms with Gasteiger partial charge in [-0.15, -0.1) is 10.2 Å². The van der Waals surface area contributed by atoms with Crippen molar-refractivity contribution in [3.05, 3.63) is 90.0 Å². The van der Waals surface area contributed by atoms with E-state index in [-0.39, 0.29) is 23.6 Å². The minimum Gasteiger partial charge on any atom is -0.350 e. The molecule has 0 radical (unpaired) electrons. The number of thioether (sulfide) groups is 1. The third kappa shape index (κ3) is 4.08. The molecule has 1 unspecified atom stereocenters.